The van der Waals surface area contributed by atoms with Crippen molar-refractivity contribution in [3.05, 3.63) is 71.3 Å². The van der Waals surface area contributed by atoms with Gasteiger partial charge >= 0.3 is 0 Å². The van der Waals surface area contributed by atoms with Crippen LogP contribution in [0.15, 0.2) is 54.6 Å². The van der Waals surface area contributed by atoms with Crippen molar-refractivity contribution in [2.45, 2.75) is 45.5 Å². The van der Waals surface area contributed by atoms with Crippen molar-refractivity contribution < 1.29 is 9.59 Å². The van der Waals surface area contributed by atoms with Crippen molar-refractivity contribution in [2.24, 2.45) is 0 Å². The first-order valence-electron chi connectivity index (χ1n) is 9.79. The summed E-state index contributed by atoms with van der Waals surface area (Å²) in [6.07, 6.45) is 0.590. The Balaban J connectivity index is 2.07. The standard InChI is InChI=1S/C23H30N2O2S/c1-4-21(23(27)24-5-2)25(15-19-11-7-6-8-12-19)22(26)17-28-16-20-13-9-10-18(3)14-20/h6-14,21H,4-5,15-17H2,1-3H3,(H,24,27)/t21-/m1/s1. The minimum atomic E-state index is -0.452. The highest BCUT2D eigenvalue weighted by Crippen LogP contribution is 2.17. The van der Waals surface area contributed by atoms with Gasteiger partial charge in [0.25, 0.3) is 0 Å². The summed E-state index contributed by atoms with van der Waals surface area (Å²) < 4.78 is 0. The summed E-state index contributed by atoms with van der Waals surface area (Å²) in [5, 5.41) is 2.87. The maximum Gasteiger partial charge on any atom is 0.242 e. The van der Waals surface area contributed by atoms with Gasteiger partial charge in [-0.3, -0.25) is 9.59 Å². The van der Waals surface area contributed by atoms with E-state index in [1.54, 1.807) is 16.7 Å². The Morgan fingerprint density at radius 3 is 2.39 bits per heavy atom. The smallest absolute Gasteiger partial charge is 0.242 e. The molecule has 5 heteroatoms. The lowest BCUT2D eigenvalue weighted by atomic mass is 10.1. The van der Waals surface area contributed by atoms with E-state index in [0.29, 0.717) is 25.3 Å². The molecule has 0 bridgehead atoms. The van der Waals surface area contributed by atoms with Gasteiger partial charge in [0.05, 0.1) is 5.75 Å². The number of thioether (sulfide) groups is 1. The van der Waals surface area contributed by atoms with Crippen molar-refractivity contribution in [1.82, 2.24) is 10.2 Å². The Hall–Kier alpha value is -2.27. The molecule has 0 radical (unpaired) electrons. The summed E-state index contributed by atoms with van der Waals surface area (Å²) in [6.45, 7) is 6.92. The van der Waals surface area contributed by atoms with Gasteiger partial charge in [0.1, 0.15) is 6.04 Å². The summed E-state index contributed by atoms with van der Waals surface area (Å²) in [7, 11) is 0. The number of hydrogen-bond acceptors (Lipinski definition) is 3. The van der Waals surface area contributed by atoms with Gasteiger partial charge in [-0.15, -0.1) is 11.8 Å². The van der Waals surface area contributed by atoms with E-state index in [0.717, 1.165) is 11.3 Å². The lowest BCUT2D eigenvalue weighted by Crippen LogP contribution is -2.49. The number of nitrogens with zero attached hydrogens (tertiary/aromatic N) is 1. The van der Waals surface area contributed by atoms with Crippen LogP contribution in [-0.4, -0.2) is 35.1 Å². The second-order valence-electron chi connectivity index (χ2n) is 6.81. The van der Waals surface area contributed by atoms with Crippen molar-refractivity contribution in [1.29, 1.82) is 0 Å². The normalized spacial score (nSPS) is 11.7. The number of benzene rings is 2. The molecule has 0 aromatic heterocycles. The molecule has 150 valence electrons. The molecule has 1 N–H and O–H groups in total. The molecule has 2 aromatic carbocycles. The zero-order chi connectivity index (χ0) is 20.4. The van der Waals surface area contributed by atoms with Crippen LogP contribution in [0.4, 0.5) is 0 Å². The lowest BCUT2D eigenvalue weighted by Gasteiger charge is -2.30. The van der Waals surface area contributed by atoms with Crippen LogP contribution in [0.2, 0.25) is 0 Å². The molecular weight excluding hydrogens is 368 g/mol. The molecular formula is C23H30N2O2S. The van der Waals surface area contributed by atoms with E-state index in [1.807, 2.05) is 50.2 Å². The van der Waals surface area contributed by atoms with Gasteiger partial charge in [-0.1, -0.05) is 67.1 Å². The highest BCUT2D eigenvalue weighted by Gasteiger charge is 2.28. The van der Waals surface area contributed by atoms with Crippen LogP contribution in [0.5, 0.6) is 0 Å². The molecule has 0 unspecified atom stereocenters. The Morgan fingerprint density at radius 2 is 1.75 bits per heavy atom. The average Bonchev–Trinajstić information content (AvgIpc) is 2.69. The molecule has 0 spiro atoms. The van der Waals surface area contributed by atoms with E-state index in [9.17, 15) is 9.59 Å². The van der Waals surface area contributed by atoms with Gasteiger partial charge in [-0.05, 0) is 31.4 Å². The molecule has 0 aliphatic carbocycles. The molecule has 28 heavy (non-hydrogen) atoms. The van der Waals surface area contributed by atoms with Crippen molar-refractivity contribution >= 4 is 23.6 Å². The fourth-order valence-corrected chi connectivity index (χ4v) is 3.99. The fraction of sp³-hybridized carbons (Fsp3) is 0.391. The molecule has 0 saturated heterocycles. The highest BCUT2D eigenvalue weighted by molar-refractivity contribution is 7.99. The van der Waals surface area contributed by atoms with Crippen LogP contribution in [-0.2, 0) is 21.9 Å². The van der Waals surface area contributed by atoms with Crippen molar-refractivity contribution in [2.75, 3.05) is 12.3 Å². The third kappa shape index (κ3) is 6.71. The summed E-state index contributed by atoms with van der Waals surface area (Å²) >= 11 is 1.59. The van der Waals surface area contributed by atoms with E-state index in [4.69, 9.17) is 0 Å². The topological polar surface area (TPSA) is 49.4 Å². The van der Waals surface area contributed by atoms with Crippen LogP contribution in [0.1, 0.15) is 37.0 Å². The Kier molecular flexibility index (Phi) is 9.08. The number of amides is 2. The fourth-order valence-electron chi connectivity index (χ4n) is 3.13. The Bertz CT molecular complexity index is 764. The minimum Gasteiger partial charge on any atom is -0.355 e. The van der Waals surface area contributed by atoms with Crippen LogP contribution in [0.3, 0.4) is 0 Å². The van der Waals surface area contributed by atoms with Gasteiger partial charge in [0.2, 0.25) is 11.8 Å². The number of hydrogen-bond donors (Lipinski definition) is 1. The van der Waals surface area contributed by atoms with Crippen molar-refractivity contribution in [3.8, 4) is 0 Å². The van der Waals surface area contributed by atoms with E-state index in [-0.39, 0.29) is 11.8 Å². The Labute approximate surface area is 172 Å². The molecule has 2 aromatic rings. The largest absolute Gasteiger partial charge is 0.355 e. The van der Waals surface area contributed by atoms with Crippen molar-refractivity contribution in [3.63, 3.8) is 0 Å². The molecule has 1 atom stereocenters. The quantitative estimate of drug-likeness (QED) is 0.653. The second kappa shape index (κ2) is 11.5. The first-order valence-corrected chi connectivity index (χ1v) is 10.9. The average molecular weight is 399 g/mol. The van der Waals surface area contributed by atoms with E-state index < -0.39 is 6.04 Å². The zero-order valence-electron chi connectivity index (χ0n) is 17.0. The highest BCUT2D eigenvalue weighted by atomic mass is 32.2. The molecule has 0 aliphatic heterocycles. The first kappa shape index (κ1) is 22.0. The van der Waals surface area contributed by atoms with E-state index in [2.05, 4.69) is 30.4 Å². The molecule has 0 heterocycles. The predicted molar refractivity (Wildman–Crippen MR) is 117 cm³/mol. The van der Waals surface area contributed by atoms with Crippen LogP contribution >= 0.6 is 11.8 Å². The molecule has 0 saturated carbocycles. The molecule has 2 rings (SSSR count). The second-order valence-corrected chi connectivity index (χ2v) is 7.79. The van der Waals surface area contributed by atoms with Crippen LogP contribution in [0, 0.1) is 6.92 Å². The van der Waals surface area contributed by atoms with E-state index in [1.165, 1.54) is 11.1 Å². The Morgan fingerprint density at radius 1 is 1.04 bits per heavy atom. The van der Waals surface area contributed by atoms with E-state index >= 15 is 0 Å². The third-order valence-electron chi connectivity index (χ3n) is 4.51. The molecule has 0 aliphatic rings. The monoisotopic (exact) mass is 398 g/mol. The number of rotatable bonds is 10. The maximum atomic E-state index is 13.0. The van der Waals surface area contributed by atoms with Gasteiger partial charge in [-0.2, -0.15) is 0 Å². The number of aryl methyl sites for hydroxylation is 1. The predicted octanol–water partition coefficient (Wildman–Crippen LogP) is 4.17. The number of carbonyl (C=O) groups is 2. The van der Waals surface area contributed by atoms with Gasteiger partial charge < -0.3 is 10.2 Å². The summed E-state index contributed by atoms with van der Waals surface area (Å²) in [4.78, 5) is 27.3. The maximum absolute atomic E-state index is 13.0. The number of nitrogens with one attached hydrogen (secondary N) is 1. The third-order valence-corrected chi connectivity index (χ3v) is 5.50. The SMILES string of the molecule is CCNC(=O)[C@@H](CC)N(Cc1ccccc1)C(=O)CSCc1cccc(C)c1. The van der Waals surface area contributed by atoms with Crippen LogP contribution in [0.25, 0.3) is 0 Å². The molecule has 4 nitrogen and oxygen atoms in total. The number of carbonyl (C=O) groups excluding carboxylic acids is 2. The molecule has 0 fully saturated rings. The minimum absolute atomic E-state index is 0.000362. The summed E-state index contributed by atoms with van der Waals surface area (Å²) in [5.74, 6) is 1.05. The molecule has 2 amide bonds. The number of likely N-dealkylation sites (N-methyl/N-ethyl adjacent to an activating group) is 1. The summed E-state index contributed by atoms with van der Waals surface area (Å²) in [5.41, 5.74) is 3.46. The van der Waals surface area contributed by atoms with Gasteiger partial charge in [0.15, 0.2) is 0 Å². The van der Waals surface area contributed by atoms with Gasteiger partial charge in [-0.25, -0.2) is 0 Å². The van der Waals surface area contributed by atoms with Gasteiger partial charge in [0, 0.05) is 18.8 Å². The van der Waals surface area contributed by atoms with Crippen LogP contribution < -0.4 is 5.32 Å². The zero-order valence-corrected chi connectivity index (χ0v) is 17.8. The first-order chi connectivity index (χ1) is 13.5. The summed E-state index contributed by atoms with van der Waals surface area (Å²) in [6, 6.07) is 17.7. The lowest BCUT2D eigenvalue weighted by molar-refractivity contribution is -0.139.